The van der Waals surface area contributed by atoms with Crippen LogP contribution in [0.1, 0.15) is 37.8 Å². The van der Waals surface area contributed by atoms with Crippen molar-refractivity contribution in [2.24, 2.45) is 0 Å². The summed E-state index contributed by atoms with van der Waals surface area (Å²) in [4.78, 5) is 19.8. The minimum Gasteiger partial charge on any atom is -0.336 e. The van der Waals surface area contributed by atoms with E-state index in [9.17, 15) is 4.79 Å². The molecule has 0 radical (unpaired) electrons. The first-order valence-corrected chi connectivity index (χ1v) is 11.8. The maximum Gasteiger partial charge on any atom is 0.317 e. The average Bonchev–Trinajstić information content (AvgIpc) is 2.80. The van der Waals surface area contributed by atoms with Gasteiger partial charge < -0.3 is 10.2 Å². The zero-order valence-electron chi connectivity index (χ0n) is 19.2. The molecule has 1 aliphatic rings. The van der Waals surface area contributed by atoms with E-state index < -0.39 is 0 Å². The van der Waals surface area contributed by atoms with Crippen LogP contribution in [0.25, 0.3) is 0 Å². The lowest BCUT2D eigenvalue weighted by molar-refractivity contribution is 0.0640. The highest BCUT2D eigenvalue weighted by molar-refractivity contribution is 5.74. The summed E-state index contributed by atoms with van der Waals surface area (Å²) in [6.45, 7) is 11.5. The first kappa shape index (κ1) is 23.3. The van der Waals surface area contributed by atoms with Gasteiger partial charge in [-0.25, -0.2) is 4.79 Å². The number of amides is 2. The number of piperazine rings is 1. The first-order valence-electron chi connectivity index (χ1n) is 11.8. The van der Waals surface area contributed by atoms with Crippen molar-refractivity contribution in [2.75, 3.05) is 39.3 Å². The van der Waals surface area contributed by atoms with Crippen LogP contribution >= 0.6 is 0 Å². The molecule has 2 aromatic carbocycles. The number of rotatable bonds is 10. The predicted octanol–water partition coefficient (Wildman–Crippen LogP) is 4.20. The number of nitrogens with zero attached hydrogens (tertiary/aromatic N) is 3. The maximum absolute atomic E-state index is 12.8. The van der Waals surface area contributed by atoms with Crippen molar-refractivity contribution >= 4 is 6.03 Å². The van der Waals surface area contributed by atoms with E-state index in [4.69, 9.17) is 0 Å². The van der Waals surface area contributed by atoms with Crippen LogP contribution in [0.5, 0.6) is 0 Å². The summed E-state index contributed by atoms with van der Waals surface area (Å²) >= 11 is 0. The molecule has 1 unspecified atom stereocenters. The van der Waals surface area contributed by atoms with Gasteiger partial charge in [-0.15, -0.1) is 0 Å². The number of benzene rings is 2. The van der Waals surface area contributed by atoms with E-state index in [1.807, 2.05) is 4.90 Å². The Hall–Kier alpha value is -2.37. The average molecular weight is 423 g/mol. The molecule has 5 heteroatoms. The van der Waals surface area contributed by atoms with Crippen LogP contribution in [0.2, 0.25) is 0 Å². The van der Waals surface area contributed by atoms with Crippen LogP contribution in [-0.2, 0) is 13.1 Å². The smallest absolute Gasteiger partial charge is 0.317 e. The quantitative estimate of drug-likeness (QED) is 0.624. The number of nitrogens with one attached hydrogen (secondary N) is 1. The van der Waals surface area contributed by atoms with Crippen LogP contribution in [0.4, 0.5) is 4.79 Å². The largest absolute Gasteiger partial charge is 0.336 e. The minimum absolute atomic E-state index is 0.0727. The second kappa shape index (κ2) is 12.5. The molecule has 1 N–H and O–H groups in total. The normalized spacial score (nSPS) is 17.4. The summed E-state index contributed by atoms with van der Waals surface area (Å²) in [5, 5.41) is 3.24. The Bertz CT molecular complexity index is 761. The van der Waals surface area contributed by atoms with Gasteiger partial charge in [0.1, 0.15) is 0 Å². The Kier molecular flexibility index (Phi) is 9.38. The third-order valence-corrected chi connectivity index (χ3v) is 5.93. The van der Waals surface area contributed by atoms with Gasteiger partial charge in [-0.3, -0.25) is 9.80 Å². The van der Waals surface area contributed by atoms with Crippen molar-refractivity contribution in [2.45, 2.75) is 45.8 Å². The molecule has 1 aliphatic heterocycles. The van der Waals surface area contributed by atoms with Crippen LogP contribution < -0.4 is 5.32 Å². The molecule has 0 bridgehead atoms. The Balaban J connectivity index is 1.64. The first-order chi connectivity index (χ1) is 15.2. The Morgan fingerprint density at radius 1 is 0.903 bits per heavy atom. The van der Waals surface area contributed by atoms with Crippen LogP contribution in [0.3, 0.4) is 0 Å². The zero-order chi connectivity index (χ0) is 21.9. The summed E-state index contributed by atoms with van der Waals surface area (Å²) in [7, 11) is 0. The Morgan fingerprint density at radius 2 is 1.48 bits per heavy atom. The predicted molar refractivity (Wildman–Crippen MR) is 128 cm³/mol. The van der Waals surface area contributed by atoms with Crippen molar-refractivity contribution in [3.8, 4) is 0 Å². The highest BCUT2D eigenvalue weighted by Gasteiger charge is 2.28. The molecule has 3 rings (SSSR count). The van der Waals surface area contributed by atoms with Crippen LogP contribution in [-0.4, -0.2) is 66.0 Å². The van der Waals surface area contributed by atoms with Gasteiger partial charge >= 0.3 is 6.03 Å². The van der Waals surface area contributed by atoms with Gasteiger partial charge in [0.05, 0.1) is 0 Å². The molecule has 2 amide bonds. The lowest BCUT2D eigenvalue weighted by Gasteiger charge is -2.42. The van der Waals surface area contributed by atoms with E-state index in [0.717, 1.165) is 58.7 Å². The highest BCUT2D eigenvalue weighted by Crippen LogP contribution is 2.16. The van der Waals surface area contributed by atoms with Crippen molar-refractivity contribution in [3.63, 3.8) is 0 Å². The van der Waals surface area contributed by atoms with Gasteiger partial charge in [0, 0.05) is 58.4 Å². The molecule has 1 atom stereocenters. The van der Waals surface area contributed by atoms with E-state index in [1.165, 1.54) is 11.1 Å². The van der Waals surface area contributed by atoms with Crippen molar-refractivity contribution in [1.29, 1.82) is 0 Å². The molecule has 0 saturated carbocycles. The van der Waals surface area contributed by atoms with Crippen molar-refractivity contribution in [3.05, 3.63) is 71.8 Å². The molecule has 1 fully saturated rings. The molecule has 1 saturated heterocycles. The molecule has 2 aromatic rings. The van der Waals surface area contributed by atoms with Gasteiger partial charge in [-0.1, -0.05) is 74.5 Å². The van der Waals surface area contributed by atoms with Crippen molar-refractivity contribution < 1.29 is 4.79 Å². The van der Waals surface area contributed by atoms with Gasteiger partial charge in [0.2, 0.25) is 0 Å². The number of urea groups is 1. The summed E-state index contributed by atoms with van der Waals surface area (Å²) < 4.78 is 0. The third kappa shape index (κ3) is 7.37. The molecule has 168 valence electrons. The standard InChI is InChI=1S/C26H38N4O/c1-3-15-29(16-4-2)26(31)27-19-25-22-28(20-23-11-7-5-8-12-23)17-18-30(25)21-24-13-9-6-10-14-24/h5-14,25H,3-4,15-22H2,1-2H3,(H,27,31). The third-order valence-electron chi connectivity index (χ3n) is 5.93. The fourth-order valence-electron chi connectivity index (χ4n) is 4.33. The molecule has 0 spiro atoms. The van der Waals surface area contributed by atoms with Gasteiger partial charge in [-0.2, -0.15) is 0 Å². The van der Waals surface area contributed by atoms with Crippen LogP contribution in [0, 0.1) is 0 Å². The molecule has 31 heavy (non-hydrogen) atoms. The SMILES string of the molecule is CCCN(CCC)C(=O)NCC1CN(Cc2ccccc2)CCN1Cc1ccccc1. The second-order valence-corrected chi connectivity index (χ2v) is 8.50. The summed E-state index contributed by atoms with van der Waals surface area (Å²) in [6.07, 6.45) is 1.98. The Labute approximate surface area is 188 Å². The fraction of sp³-hybridized carbons (Fsp3) is 0.500. The van der Waals surface area contributed by atoms with Gasteiger partial charge in [-0.05, 0) is 24.0 Å². The lowest BCUT2D eigenvalue weighted by Crippen LogP contribution is -2.57. The molecular weight excluding hydrogens is 384 g/mol. The lowest BCUT2D eigenvalue weighted by atomic mass is 10.1. The molecule has 0 aromatic heterocycles. The summed E-state index contributed by atoms with van der Waals surface area (Å²) in [5.41, 5.74) is 2.67. The molecular formula is C26H38N4O. The van der Waals surface area contributed by atoms with E-state index in [0.29, 0.717) is 12.6 Å². The van der Waals surface area contributed by atoms with Crippen molar-refractivity contribution in [1.82, 2.24) is 20.0 Å². The Morgan fingerprint density at radius 3 is 2.06 bits per heavy atom. The fourth-order valence-corrected chi connectivity index (χ4v) is 4.33. The zero-order valence-corrected chi connectivity index (χ0v) is 19.2. The maximum atomic E-state index is 12.8. The number of hydrogen-bond acceptors (Lipinski definition) is 3. The van der Waals surface area contributed by atoms with Crippen LogP contribution in [0.15, 0.2) is 60.7 Å². The van der Waals surface area contributed by atoms with E-state index in [-0.39, 0.29) is 6.03 Å². The van der Waals surface area contributed by atoms with Gasteiger partial charge in [0.25, 0.3) is 0 Å². The molecule has 5 nitrogen and oxygen atoms in total. The molecule has 1 heterocycles. The monoisotopic (exact) mass is 422 g/mol. The van der Waals surface area contributed by atoms with Gasteiger partial charge in [0.15, 0.2) is 0 Å². The number of carbonyl (C=O) groups excluding carboxylic acids is 1. The minimum atomic E-state index is 0.0727. The molecule has 0 aliphatic carbocycles. The summed E-state index contributed by atoms with van der Waals surface area (Å²) in [6, 6.07) is 21.7. The van der Waals surface area contributed by atoms with E-state index in [1.54, 1.807) is 0 Å². The highest BCUT2D eigenvalue weighted by atomic mass is 16.2. The van der Waals surface area contributed by atoms with E-state index >= 15 is 0 Å². The summed E-state index contributed by atoms with van der Waals surface area (Å²) in [5.74, 6) is 0. The second-order valence-electron chi connectivity index (χ2n) is 8.50. The van der Waals surface area contributed by atoms with E-state index in [2.05, 4.69) is 89.6 Å². The number of hydrogen-bond donors (Lipinski definition) is 1. The number of carbonyl (C=O) groups is 1. The topological polar surface area (TPSA) is 38.8 Å².